The summed E-state index contributed by atoms with van der Waals surface area (Å²) in [6.07, 6.45) is 6.00. The van der Waals surface area contributed by atoms with Crippen LogP contribution >= 0.6 is 11.6 Å². The van der Waals surface area contributed by atoms with Crippen molar-refractivity contribution in [2.45, 2.75) is 13.0 Å². The highest BCUT2D eigenvalue weighted by atomic mass is 35.5. The van der Waals surface area contributed by atoms with Crippen LogP contribution in [0.4, 0.5) is 0 Å². The van der Waals surface area contributed by atoms with Gasteiger partial charge in [0, 0.05) is 41.1 Å². The summed E-state index contributed by atoms with van der Waals surface area (Å²) in [6.45, 7) is 0.534. The van der Waals surface area contributed by atoms with E-state index in [1.165, 1.54) is 11.8 Å². The number of ether oxygens (including phenoxy) is 2. The fraction of sp³-hybridized carbons (Fsp3) is 0.160. The number of hydrogen-bond donors (Lipinski definition) is 1. The molecule has 0 atom stereocenters. The first-order chi connectivity index (χ1) is 16.5. The molecule has 0 unspecified atom stereocenters. The Morgan fingerprint density at radius 1 is 1.12 bits per heavy atom. The van der Waals surface area contributed by atoms with Crippen molar-refractivity contribution in [1.82, 2.24) is 19.3 Å². The number of aromatic nitrogens is 4. The van der Waals surface area contributed by atoms with E-state index >= 15 is 0 Å². The van der Waals surface area contributed by atoms with E-state index in [4.69, 9.17) is 21.1 Å². The Morgan fingerprint density at radius 2 is 1.91 bits per heavy atom. The molecular weight excluding hydrogens is 456 g/mol. The number of halogens is 1. The summed E-state index contributed by atoms with van der Waals surface area (Å²) >= 11 is 6.17. The second-order valence-electron chi connectivity index (χ2n) is 7.83. The molecule has 0 saturated carbocycles. The smallest absolute Gasteiger partial charge is 0.341 e. The molecule has 1 aromatic heterocycles. The Morgan fingerprint density at radius 3 is 2.65 bits per heavy atom. The number of nitrogens with one attached hydrogen (secondary N) is 1. The van der Waals surface area contributed by atoms with Gasteiger partial charge >= 0.3 is 5.97 Å². The maximum absolute atomic E-state index is 13.2. The average molecular weight is 477 g/mol. The molecule has 1 N–H and O–H groups in total. The number of hydrogen-bond acceptors (Lipinski definition) is 5. The molecule has 3 aromatic rings. The predicted octanol–water partition coefficient (Wildman–Crippen LogP) is 4.31. The Balaban J connectivity index is 1.55. The van der Waals surface area contributed by atoms with Crippen molar-refractivity contribution in [2.24, 2.45) is 0 Å². The van der Waals surface area contributed by atoms with E-state index in [0.717, 1.165) is 16.5 Å². The van der Waals surface area contributed by atoms with E-state index in [-0.39, 0.29) is 11.1 Å². The maximum atomic E-state index is 13.2. The fourth-order valence-corrected chi connectivity index (χ4v) is 4.23. The summed E-state index contributed by atoms with van der Waals surface area (Å²) < 4.78 is 13.2. The molecule has 172 valence electrons. The van der Waals surface area contributed by atoms with Gasteiger partial charge in [-0.05, 0) is 54.4 Å². The molecule has 9 heteroatoms. The van der Waals surface area contributed by atoms with E-state index in [1.807, 2.05) is 29.0 Å². The SMILES string of the molecule is COC(=O)c1cn(CCc2c[nH]c3ccc(Cl)cc23)cc2c(=O)n(-c3ccc(OC)cc3)nc1-2. The van der Waals surface area contributed by atoms with Gasteiger partial charge in [0.05, 0.1) is 25.5 Å². The minimum absolute atomic E-state index is 0.228. The summed E-state index contributed by atoms with van der Waals surface area (Å²) in [4.78, 5) is 29.0. The van der Waals surface area contributed by atoms with Gasteiger partial charge in [-0.1, -0.05) is 11.6 Å². The zero-order chi connectivity index (χ0) is 23.8. The second kappa shape index (κ2) is 8.72. The summed E-state index contributed by atoms with van der Waals surface area (Å²) in [5, 5.41) is 6.14. The summed E-state index contributed by atoms with van der Waals surface area (Å²) in [5.41, 5.74) is 3.19. The number of nitrogens with zero attached hydrogens (tertiary/aromatic N) is 3. The Kier molecular flexibility index (Phi) is 5.59. The van der Waals surface area contributed by atoms with Crippen LogP contribution in [0.2, 0.25) is 5.02 Å². The quantitative estimate of drug-likeness (QED) is 0.369. The van der Waals surface area contributed by atoms with Crippen molar-refractivity contribution >= 4 is 28.5 Å². The van der Waals surface area contributed by atoms with Gasteiger partial charge in [0.1, 0.15) is 17.0 Å². The van der Waals surface area contributed by atoms with E-state index in [1.54, 1.807) is 43.8 Å². The molecule has 2 aliphatic rings. The van der Waals surface area contributed by atoms with E-state index in [2.05, 4.69) is 10.1 Å². The number of carbonyl (C=O) groups is 1. The number of rotatable bonds is 6. The molecule has 0 radical (unpaired) electrons. The highest BCUT2D eigenvalue weighted by Gasteiger charge is 2.25. The average Bonchev–Trinajstić information content (AvgIpc) is 3.42. The van der Waals surface area contributed by atoms with Crippen LogP contribution in [0.3, 0.4) is 0 Å². The number of carbonyl (C=O) groups excluding carboxylic acids is 1. The summed E-state index contributed by atoms with van der Waals surface area (Å²) in [7, 11) is 2.88. The molecule has 0 amide bonds. The van der Waals surface area contributed by atoms with Crippen molar-refractivity contribution in [1.29, 1.82) is 0 Å². The Labute approximate surface area is 199 Å². The predicted molar refractivity (Wildman–Crippen MR) is 129 cm³/mol. The van der Waals surface area contributed by atoms with Crippen LogP contribution in [0.1, 0.15) is 15.9 Å². The molecule has 34 heavy (non-hydrogen) atoms. The molecule has 3 heterocycles. The molecule has 8 nitrogen and oxygen atoms in total. The number of fused-ring (bicyclic) bond motifs is 2. The van der Waals surface area contributed by atoms with E-state index < -0.39 is 5.97 Å². The van der Waals surface area contributed by atoms with Gasteiger partial charge in [0.15, 0.2) is 0 Å². The minimum Gasteiger partial charge on any atom is -0.497 e. The van der Waals surface area contributed by atoms with Crippen LogP contribution in [0.15, 0.2) is 65.8 Å². The lowest BCUT2D eigenvalue weighted by Crippen LogP contribution is -2.16. The van der Waals surface area contributed by atoms with Crippen molar-refractivity contribution < 1.29 is 14.3 Å². The lowest BCUT2D eigenvalue weighted by molar-refractivity contribution is 0.0600. The maximum Gasteiger partial charge on any atom is 0.341 e. The number of pyridine rings is 1. The van der Waals surface area contributed by atoms with Gasteiger partial charge in [-0.25, -0.2) is 4.79 Å². The number of H-pyrrole nitrogens is 1. The Hall–Kier alpha value is -4.04. The third kappa shape index (κ3) is 3.82. The van der Waals surface area contributed by atoms with Gasteiger partial charge in [0.25, 0.3) is 5.56 Å². The molecule has 2 aromatic carbocycles. The first-order valence-electron chi connectivity index (χ1n) is 10.6. The number of methoxy groups -OCH3 is 2. The number of aromatic amines is 1. The van der Waals surface area contributed by atoms with Crippen LogP contribution in [0.5, 0.6) is 5.75 Å². The van der Waals surface area contributed by atoms with Crippen LogP contribution in [-0.2, 0) is 17.7 Å². The van der Waals surface area contributed by atoms with Gasteiger partial charge in [-0.3, -0.25) is 4.79 Å². The summed E-state index contributed by atoms with van der Waals surface area (Å²) in [6, 6.07) is 12.7. The van der Waals surface area contributed by atoms with Gasteiger partial charge in [-0.15, -0.1) is 0 Å². The van der Waals surface area contributed by atoms with Crippen molar-refractivity contribution in [3.8, 4) is 22.7 Å². The largest absolute Gasteiger partial charge is 0.497 e. The molecular formula is C25H21ClN4O4. The van der Waals surface area contributed by atoms with Crippen molar-refractivity contribution in [3.05, 3.63) is 87.6 Å². The van der Waals surface area contributed by atoms with Crippen LogP contribution in [0.25, 0.3) is 27.8 Å². The van der Waals surface area contributed by atoms with Gasteiger partial charge in [-0.2, -0.15) is 9.78 Å². The van der Waals surface area contributed by atoms with Crippen LogP contribution in [-0.4, -0.2) is 39.5 Å². The third-order valence-electron chi connectivity index (χ3n) is 5.81. The third-order valence-corrected chi connectivity index (χ3v) is 6.05. The number of esters is 1. The number of aryl methyl sites for hydroxylation is 2. The molecule has 0 saturated heterocycles. The topological polar surface area (TPSA) is 91.1 Å². The van der Waals surface area contributed by atoms with Crippen molar-refractivity contribution in [2.75, 3.05) is 14.2 Å². The van der Waals surface area contributed by atoms with Crippen LogP contribution in [0, 0.1) is 0 Å². The normalized spacial score (nSPS) is 11.3. The summed E-state index contributed by atoms with van der Waals surface area (Å²) in [5.74, 6) is 0.108. The van der Waals surface area contributed by atoms with Gasteiger partial charge in [0.2, 0.25) is 0 Å². The van der Waals surface area contributed by atoms with Crippen molar-refractivity contribution in [3.63, 3.8) is 0 Å². The zero-order valence-corrected chi connectivity index (χ0v) is 19.3. The number of benzene rings is 2. The molecule has 0 aliphatic carbocycles. The molecule has 5 rings (SSSR count). The minimum atomic E-state index is -0.558. The fourth-order valence-electron chi connectivity index (χ4n) is 4.05. The zero-order valence-electron chi connectivity index (χ0n) is 18.5. The van der Waals surface area contributed by atoms with E-state index in [0.29, 0.717) is 40.7 Å². The first kappa shape index (κ1) is 21.8. The van der Waals surface area contributed by atoms with Gasteiger partial charge < -0.3 is 19.0 Å². The van der Waals surface area contributed by atoms with E-state index in [9.17, 15) is 9.59 Å². The lowest BCUT2D eigenvalue weighted by Gasteiger charge is -2.11. The molecule has 0 spiro atoms. The first-order valence-corrected chi connectivity index (χ1v) is 11.0. The highest BCUT2D eigenvalue weighted by Crippen LogP contribution is 2.26. The molecule has 0 fully saturated rings. The van der Waals surface area contributed by atoms with Crippen LogP contribution < -0.4 is 10.3 Å². The Bertz CT molecular complexity index is 1530. The monoisotopic (exact) mass is 476 g/mol. The second-order valence-corrected chi connectivity index (χ2v) is 8.27. The lowest BCUT2D eigenvalue weighted by atomic mass is 10.1. The highest BCUT2D eigenvalue weighted by molar-refractivity contribution is 6.31. The standard InChI is InChI=1S/C25H21ClN4O4/c1-33-18-6-4-17(5-7-18)30-24(31)20-13-29(14-21(23(20)28-30)25(32)34-2)10-9-15-12-27-22-8-3-16(26)11-19(15)22/h3-8,11-14,27H,9-10H2,1-2H3. The molecule has 2 aliphatic heterocycles. The molecule has 0 bridgehead atoms.